The summed E-state index contributed by atoms with van der Waals surface area (Å²) in [6, 6.07) is 0. The molecule has 0 radical (unpaired) electrons. The van der Waals surface area contributed by atoms with Gasteiger partial charge in [0.25, 0.3) is 0 Å². The van der Waals surface area contributed by atoms with Crippen molar-refractivity contribution in [2.45, 2.75) is 103 Å². The standard InChI is InChI=1S/C18H36.COS/c1-3-5-7-9-11-13-15-17-18-16-14-12-10-8-6-4-2;2-1-3/h3H,1,4-18H2,2H3;. The molecule has 21 heavy (non-hydrogen) atoms. The van der Waals surface area contributed by atoms with Crippen molar-refractivity contribution in [3.63, 3.8) is 0 Å². The summed E-state index contributed by atoms with van der Waals surface area (Å²) in [5.74, 6) is 0. The molecule has 0 aromatic carbocycles. The van der Waals surface area contributed by atoms with Gasteiger partial charge in [0, 0.05) is 12.2 Å². The Labute approximate surface area is 138 Å². The lowest BCUT2D eigenvalue weighted by Crippen LogP contribution is -1.83. The quantitative estimate of drug-likeness (QED) is 0.179. The summed E-state index contributed by atoms with van der Waals surface area (Å²) in [4.78, 5) is 8.50. The lowest BCUT2D eigenvalue weighted by Gasteiger charge is -2.02. The smallest absolute Gasteiger partial charge is 0.202 e. The van der Waals surface area contributed by atoms with Gasteiger partial charge in [-0.1, -0.05) is 96.5 Å². The number of allylic oxidation sites excluding steroid dienone is 1. The van der Waals surface area contributed by atoms with Crippen LogP contribution >= 0.6 is 12.2 Å². The van der Waals surface area contributed by atoms with Crippen LogP contribution < -0.4 is 0 Å². The maximum atomic E-state index is 8.50. The minimum Gasteiger partial charge on any atom is -0.220 e. The van der Waals surface area contributed by atoms with Crippen molar-refractivity contribution in [3.05, 3.63) is 12.7 Å². The van der Waals surface area contributed by atoms with Gasteiger partial charge in [0.2, 0.25) is 5.23 Å². The Bertz CT molecular complexity index is 220. The molecule has 0 rings (SSSR count). The van der Waals surface area contributed by atoms with Gasteiger partial charge in [0.15, 0.2) is 0 Å². The molecule has 124 valence electrons. The van der Waals surface area contributed by atoms with E-state index in [1.165, 1.54) is 96.3 Å². The number of hydrogen-bond acceptors (Lipinski definition) is 2. The lowest BCUT2D eigenvalue weighted by atomic mass is 10.0. The average Bonchev–Trinajstić information content (AvgIpc) is 2.48. The van der Waals surface area contributed by atoms with Crippen molar-refractivity contribution >= 4 is 17.5 Å². The van der Waals surface area contributed by atoms with Crippen LogP contribution in [0.15, 0.2) is 12.7 Å². The molecule has 0 amide bonds. The number of rotatable bonds is 15. The highest BCUT2D eigenvalue weighted by Gasteiger charge is 1.93. The molecule has 0 aliphatic heterocycles. The molecule has 0 aromatic rings. The first kappa shape index (κ1) is 22.8. The SMILES string of the molecule is C=CCCCCCCCCCCCCCCCC.O=C=S. The molecule has 2 heteroatoms. The van der Waals surface area contributed by atoms with Crippen molar-refractivity contribution in [2.75, 3.05) is 0 Å². The zero-order chi connectivity index (χ0) is 16.0. The second kappa shape index (κ2) is 24.6. The molecule has 0 fully saturated rings. The number of unbranched alkanes of at least 4 members (excludes halogenated alkanes) is 14. The third kappa shape index (κ3) is 28.4. The molecule has 0 atom stereocenters. The summed E-state index contributed by atoms with van der Waals surface area (Å²) < 4.78 is 0. The van der Waals surface area contributed by atoms with E-state index in [0.717, 1.165) is 5.23 Å². The number of hydrogen-bond donors (Lipinski definition) is 0. The molecule has 0 bridgehead atoms. The van der Waals surface area contributed by atoms with E-state index in [4.69, 9.17) is 4.79 Å². The minimum atomic E-state index is 1.08. The summed E-state index contributed by atoms with van der Waals surface area (Å²) in [7, 11) is 0. The van der Waals surface area contributed by atoms with E-state index < -0.39 is 0 Å². The van der Waals surface area contributed by atoms with Crippen molar-refractivity contribution < 1.29 is 4.79 Å². The summed E-state index contributed by atoms with van der Waals surface area (Å²) in [6.45, 7) is 6.05. The average molecular weight is 313 g/mol. The van der Waals surface area contributed by atoms with Crippen LogP contribution in [0.1, 0.15) is 103 Å². The Balaban J connectivity index is 0. The predicted molar refractivity (Wildman–Crippen MR) is 98.4 cm³/mol. The first-order valence-corrected chi connectivity index (χ1v) is 9.34. The first-order chi connectivity index (χ1) is 10.3. The van der Waals surface area contributed by atoms with E-state index in [9.17, 15) is 0 Å². The maximum Gasteiger partial charge on any atom is 0.202 e. The van der Waals surface area contributed by atoms with Crippen LogP contribution in [0.25, 0.3) is 0 Å². The van der Waals surface area contributed by atoms with Crippen LogP contribution in [-0.2, 0) is 4.79 Å². The fraction of sp³-hybridized carbons (Fsp3) is 0.842. The molecule has 0 spiro atoms. The second-order valence-electron chi connectivity index (χ2n) is 5.76. The van der Waals surface area contributed by atoms with E-state index >= 15 is 0 Å². The molecular formula is C19H36OS. The van der Waals surface area contributed by atoms with Crippen molar-refractivity contribution in [3.8, 4) is 0 Å². The highest BCUT2D eigenvalue weighted by molar-refractivity contribution is 7.78. The fourth-order valence-electron chi connectivity index (χ4n) is 2.48. The lowest BCUT2D eigenvalue weighted by molar-refractivity contribution is 0.536. The largest absolute Gasteiger partial charge is 0.220 e. The highest BCUT2D eigenvalue weighted by atomic mass is 32.1. The van der Waals surface area contributed by atoms with Gasteiger partial charge in [-0.15, -0.1) is 6.58 Å². The Morgan fingerprint density at radius 3 is 1.33 bits per heavy atom. The Morgan fingerprint density at radius 1 is 0.762 bits per heavy atom. The van der Waals surface area contributed by atoms with Gasteiger partial charge < -0.3 is 0 Å². The van der Waals surface area contributed by atoms with Crippen molar-refractivity contribution in [2.24, 2.45) is 0 Å². The molecule has 0 saturated heterocycles. The Kier molecular flexibility index (Phi) is 26.7. The predicted octanol–water partition coefficient (Wildman–Crippen LogP) is 7.29. The number of carbonyl (C=O) groups excluding carboxylic acids is 1. The normalized spacial score (nSPS) is 9.57. The number of thiocarbonyl (C=S) groups is 1. The summed E-state index contributed by atoms with van der Waals surface area (Å²) in [6.07, 6.45) is 23.5. The fourth-order valence-corrected chi connectivity index (χ4v) is 2.48. The van der Waals surface area contributed by atoms with Gasteiger partial charge in [-0.2, -0.15) is 0 Å². The summed E-state index contributed by atoms with van der Waals surface area (Å²) in [5, 5.41) is 1.08. The van der Waals surface area contributed by atoms with E-state index in [1.54, 1.807) is 0 Å². The van der Waals surface area contributed by atoms with Gasteiger partial charge in [-0.3, -0.25) is 0 Å². The van der Waals surface area contributed by atoms with E-state index in [1.807, 2.05) is 6.08 Å². The van der Waals surface area contributed by atoms with E-state index in [-0.39, 0.29) is 0 Å². The van der Waals surface area contributed by atoms with Gasteiger partial charge in [0.1, 0.15) is 0 Å². The molecule has 1 nitrogen and oxygen atoms in total. The topological polar surface area (TPSA) is 17.1 Å². The zero-order valence-electron chi connectivity index (χ0n) is 14.2. The molecule has 0 saturated carbocycles. The van der Waals surface area contributed by atoms with Crippen molar-refractivity contribution in [1.82, 2.24) is 0 Å². The highest BCUT2D eigenvalue weighted by Crippen LogP contribution is 2.13. The van der Waals surface area contributed by atoms with Gasteiger partial charge in [-0.05, 0) is 12.8 Å². The molecule has 0 aliphatic carbocycles. The van der Waals surface area contributed by atoms with E-state index in [2.05, 4.69) is 25.7 Å². The van der Waals surface area contributed by atoms with Gasteiger partial charge >= 0.3 is 0 Å². The summed E-state index contributed by atoms with van der Waals surface area (Å²) in [5.41, 5.74) is 0. The minimum absolute atomic E-state index is 1.08. The third-order valence-corrected chi connectivity index (χ3v) is 3.76. The van der Waals surface area contributed by atoms with Crippen LogP contribution in [0.4, 0.5) is 0 Å². The second-order valence-corrected chi connectivity index (χ2v) is 5.92. The van der Waals surface area contributed by atoms with Gasteiger partial charge in [-0.25, -0.2) is 4.79 Å². The molecule has 0 unspecified atom stereocenters. The molecular weight excluding hydrogens is 276 g/mol. The van der Waals surface area contributed by atoms with Crippen LogP contribution in [0, 0.1) is 0 Å². The van der Waals surface area contributed by atoms with Crippen LogP contribution in [-0.4, -0.2) is 5.23 Å². The molecule has 0 aliphatic rings. The van der Waals surface area contributed by atoms with Gasteiger partial charge in [0.05, 0.1) is 0 Å². The van der Waals surface area contributed by atoms with E-state index in [0.29, 0.717) is 0 Å². The van der Waals surface area contributed by atoms with Crippen LogP contribution in [0.3, 0.4) is 0 Å². The maximum absolute atomic E-state index is 8.50. The molecule has 0 aromatic heterocycles. The van der Waals surface area contributed by atoms with Crippen molar-refractivity contribution in [1.29, 1.82) is 0 Å². The van der Waals surface area contributed by atoms with Crippen LogP contribution in [0.5, 0.6) is 0 Å². The third-order valence-electron chi connectivity index (χ3n) is 3.76. The molecule has 0 N–H and O–H groups in total. The summed E-state index contributed by atoms with van der Waals surface area (Å²) >= 11 is 3.59. The first-order valence-electron chi connectivity index (χ1n) is 8.93. The van der Waals surface area contributed by atoms with Crippen LogP contribution in [0.2, 0.25) is 0 Å². The zero-order valence-corrected chi connectivity index (χ0v) is 15.0. The Morgan fingerprint density at radius 2 is 1.05 bits per heavy atom. The monoisotopic (exact) mass is 312 g/mol. The molecule has 0 heterocycles. The Hall–Kier alpha value is -0.460.